The molecular formula is C38H48F2N6O5. The van der Waals surface area contributed by atoms with Gasteiger partial charge in [0.05, 0.1) is 5.56 Å². The summed E-state index contributed by atoms with van der Waals surface area (Å²) in [5.41, 5.74) is -1.01. The molecule has 11 nitrogen and oxygen atoms in total. The van der Waals surface area contributed by atoms with Gasteiger partial charge in [0, 0.05) is 76.9 Å². The van der Waals surface area contributed by atoms with Gasteiger partial charge in [-0.25, -0.2) is 14.8 Å². The fraction of sp³-hybridized carbons (Fsp3) is 0.658. The number of carbonyl (C=O) groups is 2. The zero-order valence-corrected chi connectivity index (χ0v) is 29.5. The van der Waals surface area contributed by atoms with Crippen molar-refractivity contribution in [2.24, 2.45) is 28.7 Å². The number of piperidine rings is 1. The quantitative estimate of drug-likeness (QED) is 0.332. The van der Waals surface area contributed by atoms with E-state index in [4.69, 9.17) is 9.47 Å². The average molecular weight is 707 g/mol. The Bertz CT molecular complexity index is 1670. The molecule has 51 heavy (non-hydrogen) atoms. The molecule has 1 spiro atoms. The van der Waals surface area contributed by atoms with Crippen LogP contribution in [-0.4, -0.2) is 96.1 Å². The van der Waals surface area contributed by atoms with Crippen molar-refractivity contribution in [2.75, 3.05) is 51.3 Å². The first-order valence-corrected chi connectivity index (χ1v) is 18.6. The Balaban J connectivity index is 1.07. The normalized spacial score (nSPS) is 30.2. The number of benzene rings is 1. The number of fused-ring (bicyclic) bond motifs is 2. The number of nitrogens with zero attached hydrogens (tertiary/aromatic N) is 5. The van der Waals surface area contributed by atoms with E-state index in [2.05, 4.69) is 31.2 Å². The highest BCUT2D eigenvalue weighted by molar-refractivity contribution is 5.99. The number of aliphatic carboxylic acids is 1. The van der Waals surface area contributed by atoms with Crippen LogP contribution in [0.5, 0.6) is 5.75 Å². The minimum Gasteiger partial charge on any atom is -0.490 e. The number of aromatic nitrogens is 2. The third-order valence-corrected chi connectivity index (χ3v) is 12.9. The standard InChI is InChI=1S/C38H48F2N6O5/c1-36(39,40)32-29(33(47)44-38(34(48)49)25-16-23-15-24(18-25)19-26(38)17-23)21-42-35(43-32)46-22-37(7-13-50-14-8-37)30-20-28(3-4-31(30)46)51-27-5-10-45(11-6-27)12-9-41-2/h3-4,9,20-21,23-27H,5-8,10-19,22H2,1-2H3,(H,44,47)(H,48,49). The van der Waals surface area contributed by atoms with Gasteiger partial charge in [-0.1, -0.05) is 0 Å². The van der Waals surface area contributed by atoms with Crippen LogP contribution in [0.15, 0.2) is 29.4 Å². The molecule has 0 unspecified atom stereocenters. The lowest BCUT2D eigenvalue weighted by Crippen LogP contribution is -2.70. The summed E-state index contributed by atoms with van der Waals surface area (Å²) in [6.07, 6.45) is 10.5. The Morgan fingerprint density at radius 2 is 1.80 bits per heavy atom. The van der Waals surface area contributed by atoms with Crippen molar-refractivity contribution in [1.82, 2.24) is 20.2 Å². The van der Waals surface area contributed by atoms with Crippen molar-refractivity contribution in [2.45, 2.75) is 87.7 Å². The molecule has 4 bridgehead atoms. The Kier molecular flexibility index (Phi) is 8.80. The fourth-order valence-corrected chi connectivity index (χ4v) is 10.5. The molecule has 4 saturated carbocycles. The lowest BCUT2D eigenvalue weighted by atomic mass is 9.48. The molecule has 1 amide bonds. The molecule has 7 aliphatic rings. The number of carbonyl (C=O) groups excluding carboxylic acids is 1. The lowest BCUT2D eigenvalue weighted by molar-refractivity contribution is -0.163. The number of aliphatic imine (C=N–C) groups is 1. The van der Waals surface area contributed by atoms with Gasteiger partial charge in [-0.3, -0.25) is 14.7 Å². The van der Waals surface area contributed by atoms with E-state index in [1.807, 2.05) is 23.2 Å². The van der Waals surface area contributed by atoms with Crippen LogP contribution >= 0.6 is 0 Å². The molecule has 2 aromatic rings. The minimum atomic E-state index is -3.49. The summed E-state index contributed by atoms with van der Waals surface area (Å²) in [7, 11) is 1.79. The van der Waals surface area contributed by atoms with Crippen LogP contribution in [0.25, 0.3) is 0 Å². The second kappa shape index (κ2) is 13.1. The largest absolute Gasteiger partial charge is 0.490 e. The monoisotopic (exact) mass is 706 g/mol. The highest BCUT2D eigenvalue weighted by Crippen LogP contribution is 2.58. The number of hydrogen-bond donors (Lipinski definition) is 2. The van der Waals surface area contributed by atoms with Gasteiger partial charge in [0.25, 0.3) is 11.8 Å². The third-order valence-electron chi connectivity index (χ3n) is 12.9. The molecule has 0 atom stereocenters. The highest BCUT2D eigenvalue weighted by Gasteiger charge is 2.62. The summed E-state index contributed by atoms with van der Waals surface area (Å²) < 4.78 is 43.1. The van der Waals surface area contributed by atoms with Crippen molar-refractivity contribution >= 4 is 29.7 Å². The van der Waals surface area contributed by atoms with Crippen LogP contribution in [0.2, 0.25) is 0 Å². The SMILES string of the molecule is CN=CCN1CCC(Oc2ccc3c(c2)C2(CCOCC2)CN3c2ncc(C(=O)NC3(C(=O)O)C4CC5CC(C4)CC3C5)c(C(C)(F)F)n2)CC1. The highest BCUT2D eigenvalue weighted by atomic mass is 19.3. The average Bonchev–Trinajstić information content (AvgIpc) is 3.41. The van der Waals surface area contributed by atoms with Gasteiger partial charge in [0.2, 0.25) is 5.95 Å². The Morgan fingerprint density at radius 3 is 2.43 bits per heavy atom. The number of carboxylic acid groups (broad SMARTS) is 1. The van der Waals surface area contributed by atoms with Gasteiger partial charge in [-0.05, 0) is 105 Å². The molecule has 9 rings (SSSR count). The number of amides is 1. The van der Waals surface area contributed by atoms with Gasteiger partial charge < -0.3 is 24.8 Å². The summed E-state index contributed by atoms with van der Waals surface area (Å²) in [5, 5.41) is 13.4. The number of likely N-dealkylation sites (tertiary alicyclic amines) is 1. The number of nitrogens with one attached hydrogen (secondary N) is 1. The van der Waals surface area contributed by atoms with Crippen molar-refractivity contribution in [3.63, 3.8) is 0 Å². The van der Waals surface area contributed by atoms with Crippen LogP contribution in [-0.2, 0) is 20.9 Å². The van der Waals surface area contributed by atoms with Crippen molar-refractivity contribution < 1.29 is 33.0 Å². The maximum Gasteiger partial charge on any atom is 0.330 e. The van der Waals surface area contributed by atoms with Gasteiger partial charge >= 0.3 is 5.97 Å². The summed E-state index contributed by atoms with van der Waals surface area (Å²) in [6, 6.07) is 5.97. The van der Waals surface area contributed by atoms with E-state index in [0.29, 0.717) is 31.6 Å². The van der Waals surface area contributed by atoms with Gasteiger partial charge in [0.1, 0.15) is 23.1 Å². The smallest absolute Gasteiger partial charge is 0.330 e. The molecule has 6 fully saturated rings. The van der Waals surface area contributed by atoms with Crippen LogP contribution in [0.3, 0.4) is 0 Å². The van der Waals surface area contributed by atoms with Gasteiger partial charge in [-0.15, -0.1) is 0 Å². The maximum absolute atomic E-state index is 15.4. The molecule has 4 aliphatic carbocycles. The number of alkyl halides is 2. The third kappa shape index (κ3) is 6.07. The molecule has 4 heterocycles. The summed E-state index contributed by atoms with van der Waals surface area (Å²) >= 11 is 0. The number of ether oxygens (including phenoxy) is 2. The van der Waals surface area contributed by atoms with Crippen LogP contribution in [0.1, 0.15) is 86.3 Å². The summed E-state index contributed by atoms with van der Waals surface area (Å²) in [4.78, 5) is 44.1. The van der Waals surface area contributed by atoms with Crippen LogP contribution in [0.4, 0.5) is 20.4 Å². The van der Waals surface area contributed by atoms with Crippen molar-refractivity contribution in [1.29, 1.82) is 0 Å². The Labute approximate surface area is 297 Å². The van der Waals surface area contributed by atoms with E-state index in [0.717, 1.165) is 108 Å². The molecule has 2 N–H and O–H groups in total. The van der Waals surface area contributed by atoms with Crippen LogP contribution < -0.4 is 15.0 Å². The number of halogens is 2. The van der Waals surface area contributed by atoms with E-state index in [1.54, 1.807) is 7.05 Å². The van der Waals surface area contributed by atoms with Crippen molar-refractivity contribution in [3.8, 4) is 5.75 Å². The topological polar surface area (TPSA) is 129 Å². The number of anilines is 2. The Hall–Kier alpha value is -3.71. The van der Waals surface area contributed by atoms with Crippen LogP contribution in [0, 0.1) is 23.7 Å². The first-order chi connectivity index (χ1) is 24.5. The Morgan fingerprint density at radius 1 is 1.12 bits per heavy atom. The number of hydrogen-bond acceptors (Lipinski definition) is 9. The van der Waals surface area contributed by atoms with Crippen molar-refractivity contribution in [3.05, 3.63) is 41.2 Å². The second-order valence-corrected chi connectivity index (χ2v) is 16.0. The van der Waals surface area contributed by atoms with Gasteiger partial charge in [-0.2, -0.15) is 8.78 Å². The zero-order chi connectivity index (χ0) is 35.5. The molecule has 1 aromatic heterocycles. The van der Waals surface area contributed by atoms with E-state index < -0.39 is 34.6 Å². The fourth-order valence-electron chi connectivity index (χ4n) is 10.5. The van der Waals surface area contributed by atoms with E-state index in [-0.39, 0.29) is 29.3 Å². The second-order valence-electron chi connectivity index (χ2n) is 16.0. The molecule has 3 aliphatic heterocycles. The molecule has 0 radical (unpaired) electrons. The first-order valence-electron chi connectivity index (χ1n) is 18.6. The molecule has 2 saturated heterocycles. The number of rotatable bonds is 9. The van der Waals surface area contributed by atoms with E-state index >= 15 is 8.78 Å². The zero-order valence-electron chi connectivity index (χ0n) is 29.5. The molecular weight excluding hydrogens is 658 g/mol. The molecule has 13 heteroatoms. The molecule has 1 aromatic carbocycles. The van der Waals surface area contributed by atoms with E-state index in [9.17, 15) is 14.7 Å². The molecule has 274 valence electrons. The predicted molar refractivity (Wildman–Crippen MR) is 186 cm³/mol. The van der Waals surface area contributed by atoms with Gasteiger partial charge in [0.15, 0.2) is 0 Å². The summed E-state index contributed by atoms with van der Waals surface area (Å²) in [6.45, 7) is 5.05. The summed E-state index contributed by atoms with van der Waals surface area (Å²) in [5.74, 6) is -4.10. The lowest BCUT2D eigenvalue weighted by Gasteiger charge is -2.59. The minimum absolute atomic E-state index is 0.0759. The first kappa shape index (κ1) is 34.4. The predicted octanol–water partition coefficient (Wildman–Crippen LogP) is 5.34. The van der Waals surface area contributed by atoms with E-state index in [1.165, 1.54) is 0 Å². The number of carboxylic acids is 1. The maximum atomic E-state index is 15.4.